The molecule has 1 saturated carbocycles. The highest BCUT2D eigenvalue weighted by Gasteiger charge is 2.27. The SMILES string of the molecule is ClC1CCOCC1CC1CCCC1. The van der Waals surface area contributed by atoms with Crippen LogP contribution >= 0.6 is 11.6 Å². The highest BCUT2D eigenvalue weighted by atomic mass is 35.5. The van der Waals surface area contributed by atoms with Gasteiger partial charge in [0.25, 0.3) is 0 Å². The molecule has 2 heteroatoms. The molecule has 0 radical (unpaired) electrons. The first-order valence-corrected chi connectivity index (χ1v) is 6.01. The van der Waals surface area contributed by atoms with Crippen molar-refractivity contribution in [2.45, 2.75) is 43.9 Å². The van der Waals surface area contributed by atoms with Gasteiger partial charge in [-0.1, -0.05) is 25.7 Å². The second-order valence-corrected chi connectivity index (χ2v) is 5.09. The fourth-order valence-electron chi connectivity index (χ4n) is 2.66. The van der Waals surface area contributed by atoms with E-state index in [1.165, 1.54) is 32.1 Å². The van der Waals surface area contributed by atoms with Crippen LogP contribution in [0.3, 0.4) is 0 Å². The van der Waals surface area contributed by atoms with Crippen molar-refractivity contribution < 1.29 is 4.74 Å². The zero-order valence-electron chi connectivity index (χ0n) is 8.18. The highest BCUT2D eigenvalue weighted by Crippen LogP contribution is 2.34. The first-order valence-electron chi connectivity index (χ1n) is 5.58. The summed E-state index contributed by atoms with van der Waals surface area (Å²) < 4.78 is 5.48. The molecular formula is C11H19ClO. The molecular weight excluding hydrogens is 184 g/mol. The molecule has 0 spiro atoms. The van der Waals surface area contributed by atoms with Gasteiger partial charge in [-0.05, 0) is 24.7 Å². The van der Waals surface area contributed by atoms with Crippen LogP contribution in [0.25, 0.3) is 0 Å². The molecule has 0 N–H and O–H groups in total. The minimum atomic E-state index is 0.384. The van der Waals surface area contributed by atoms with Crippen LogP contribution in [0.15, 0.2) is 0 Å². The van der Waals surface area contributed by atoms with Gasteiger partial charge >= 0.3 is 0 Å². The van der Waals surface area contributed by atoms with E-state index in [1.807, 2.05) is 0 Å². The van der Waals surface area contributed by atoms with Gasteiger partial charge in [-0.3, -0.25) is 0 Å². The van der Waals surface area contributed by atoms with Crippen molar-refractivity contribution in [3.05, 3.63) is 0 Å². The van der Waals surface area contributed by atoms with Crippen LogP contribution in [0, 0.1) is 11.8 Å². The number of hydrogen-bond donors (Lipinski definition) is 0. The number of hydrogen-bond acceptors (Lipinski definition) is 1. The van der Waals surface area contributed by atoms with Crippen LogP contribution in [0.1, 0.15) is 38.5 Å². The van der Waals surface area contributed by atoms with Crippen molar-refractivity contribution in [2.75, 3.05) is 13.2 Å². The molecule has 2 atom stereocenters. The van der Waals surface area contributed by atoms with Crippen LogP contribution in [0.4, 0.5) is 0 Å². The largest absolute Gasteiger partial charge is 0.381 e. The van der Waals surface area contributed by atoms with Gasteiger partial charge < -0.3 is 4.74 Å². The Morgan fingerprint density at radius 3 is 2.62 bits per heavy atom. The summed E-state index contributed by atoms with van der Waals surface area (Å²) in [6.07, 6.45) is 8.10. The maximum Gasteiger partial charge on any atom is 0.0508 e. The average Bonchev–Trinajstić information content (AvgIpc) is 2.61. The van der Waals surface area contributed by atoms with Crippen molar-refractivity contribution >= 4 is 11.6 Å². The maximum atomic E-state index is 6.28. The number of ether oxygens (including phenoxy) is 1. The third kappa shape index (κ3) is 2.60. The summed E-state index contributed by atoms with van der Waals surface area (Å²) in [5.41, 5.74) is 0. The van der Waals surface area contributed by atoms with Crippen molar-refractivity contribution in [1.82, 2.24) is 0 Å². The first-order chi connectivity index (χ1) is 6.36. The molecule has 2 rings (SSSR count). The maximum absolute atomic E-state index is 6.28. The van der Waals surface area contributed by atoms with Crippen LogP contribution < -0.4 is 0 Å². The standard InChI is InChI=1S/C11H19ClO/c12-11-5-6-13-8-10(11)7-9-3-1-2-4-9/h9-11H,1-8H2. The van der Waals surface area contributed by atoms with Gasteiger partial charge in [0.15, 0.2) is 0 Å². The zero-order chi connectivity index (χ0) is 9.10. The molecule has 1 aliphatic carbocycles. The molecule has 13 heavy (non-hydrogen) atoms. The Bertz CT molecular complexity index is 154. The fourth-order valence-corrected chi connectivity index (χ4v) is 2.93. The van der Waals surface area contributed by atoms with E-state index >= 15 is 0 Å². The summed E-state index contributed by atoms with van der Waals surface area (Å²) in [4.78, 5) is 0. The Balaban J connectivity index is 1.78. The summed E-state index contributed by atoms with van der Waals surface area (Å²) in [7, 11) is 0. The van der Waals surface area contributed by atoms with Gasteiger partial charge in [-0.15, -0.1) is 11.6 Å². The molecule has 0 aromatic carbocycles. The summed E-state index contributed by atoms with van der Waals surface area (Å²) in [5.74, 6) is 1.59. The molecule has 76 valence electrons. The van der Waals surface area contributed by atoms with E-state index in [2.05, 4.69) is 0 Å². The van der Waals surface area contributed by atoms with Crippen LogP contribution in [-0.4, -0.2) is 18.6 Å². The molecule has 0 aromatic heterocycles. The van der Waals surface area contributed by atoms with E-state index in [-0.39, 0.29) is 0 Å². The lowest BCUT2D eigenvalue weighted by atomic mass is 9.89. The minimum Gasteiger partial charge on any atom is -0.381 e. The van der Waals surface area contributed by atoms with Crippen LogP contribution in [-0.2, 0) is 4.74 Å². The predicted molar refractivity (Wildman–Crippen MR) is 55.1 cm³/mol. The summed E-state index contributed by atoms with van der Waals surface area (Å²) in [6, 6.07) is 0. The topological polar surface area (TPSA) is 9.23 Å². The monoisotopic (exact) mass is 202 g/mol. The molecule has 0 amide bonds. The van der Waals surface area contributed by atoms with E-state index < -0.39 is 0 Å². The summed E-state index contributed by atoms with van der Waals surface area (Å²) >= 11 is 6.28. The lowest BCUT2D eigenvalue weighted by Crippen LogP contribution is -2.29. The summed E-state index contributed by atoms with van der Waals surface area (Å²) in [5, 5.41) is 0.384. The highest BCUT2D eigenvalue weighted by molar-refractivity contribution is 6.20. The molecule has 1 heterocycles. The van der Waals surface area contributed by atoms with Crippen LogP contribution in [0.2, 0.25) is 0 Å². The lowest BCUT2D eigenvalue weighted by Gasteiger charge is -2.29. The molecule has 1 aliphatic heterocycles. The van der Waals surface area contributed by atoms with E-state index in [4.69, 9.17) is 16.3 Å². The molecule has 1 saturated heterocycles. The second kappa shape index (κ2) is 4.65. The average molecular weight is 203 g/mol. The minimum absolute atomic E-state index is 0.384. The Morgan fingerprint density at radius 1 is 1.15 bits per heavy atom. The molecule has 0 bridgehead atoms. The van der Waals surface area contributed by atoms with E-state index in [0.717, 1.165) is 25.6 Å². The molecule has 2 fully saturated rings. The Kier molecular flexibility index (Phi) is 3.51. The van der Waals surface area contributed by atoms with Crippen LogP contribution in [0.5, 0.6) is 0 Å². The van der Waals surface area contributed by atoms with Crippen molar-refractivity contribution in [1.29, 1.82) is 0 Å². The lowest BCUT2D eigenvalue weighted by molar-refractivity contribution is 0.0483. The molecule has 2 unspecified atom stereocenters. The van der Waals surface area contributed by atoms with Gasteiger partial charge in [0, 0.05) is 12.0 Å². The van der Waals surface area contributed by atoms with Gasteiger partial charge in [0.1, 0.15) is 0 Å². The number of halogens is 1. The molecule has 0 aromatic rings. The number of rotatable bonds is 2. The third-order valence-electron chi connectivity index (χ3n) is 3.49. The van der Waals surface area contributed by atoms with E-state index in [0.29, 0.717) is 11.3 Å². The van der Waals surface area contributed by atoms with Crippen molar-refractivity contribution in [3.8, 4) is 0 Å². The Labute approximate surface area is 85.8 Å². The fraction of sp³-hybridized carbons (Fsp3) is 1.00. The smallest absolute Gasteiger partial charge is 0.0508 e. The normalized spacial score (nSPS) is 36.7. The van der Waals surface area contributed by atoms with E-state index in [9.17, 15) is 0 Å². The number of alkyl halides is 1. The quantitative estimate of drug-likeness (QED) is 0.625. The predicted octanol–water partition coefficient (Wildman–Crippen LogP) is 3.21. The van der Waals surface area contributed by atoms with Gasteiger partial charge in [-0.2, -0.15) is 0 Å². The summed E-state index contributed by atoms with van der Waals surface area (Å²) in [6.45, 7) is 1.78. The van der Waals surface area contributed by atoms with Crippen molar-refractivity contribution in [2.24, 2.45) is 11.8 Å². The Morgan fingerprint density at radius 2 is 1.92 bits per heavy atom. The van der Waals surface area contributed by atoms with Gasteiger partial charge in [-0.25, -0.2) is 0 Å². The first kappa shape index (κ1) is 9.79. The molecule has 2 aliphatic rings. The third-order valence-corrected chi connectivity index (χ3v) is 4.07. The van der Waals surface area contributed by atoms with Gasteiger partial charge in [0.2, 0.25) is 0 Å². The second-order valence-electron chi connectivity index (χ2n) is 4.53. The van der Waals surface area contributed by atoms with Crippen molar-refractivity contribution in [3.63, 3.8) is 0 Å². The van der Waals surface area contributed by atoms with E-state index in [1.54, 1.807) is 0 Å². The molecule has 1 nitrogen and oxygen atoms in total. The zero-order valence-corrected chi connectivity index (χ0v) is 8.93. The van der Waals surface area contributed by atoms with Gasteiger partial charge in [0.05, 0.1) is 6.61 Å². The Hall–Kier alpha value is 0.250.